The number of hydrogen-bond acceptors (Lipinski definition) is 4. The fourth-order valence-electron chi connectivity index (χ4n) is 2.56. The summed E-state index contributed by atoms with van der Waals surface area (Å²) in [5, 5.41) is 2.57. The molecule has 1 fully saturated rings. The van der Waals surface area contributed by atoms with Gasteiger partial charge in [-0.1, -0.05) is 6.07 Å². The van der Waals surface area contributed by atoms with Gasteiger partial charge in [0.1, 0.15) is 5.82 Å². The van der Waals surface area contributed by atoms with Gasteiger partial charge in [-0.05, 0) is 37.6 Å². The van der Waals surface area contributed by atoms with Gasteiger partial charge in [-0.15, -0.1) is 0 Å². The van der Waals surface area contributed by atoms with Crippen molar-refractivity contribution in [1.82, 2.24) is 9.21 Å². The standard InChI is InChI=1S/C15H22FN3O3S/c1-12-4-5-13(16)14(10-12)17-15(20)11-18-6-3-7-19(9-8-18)23(2,21)22/h4-5,10H,3,6-9,11H2,1-2H3,(H,17,20). The van der Waals surface area contributed by atoms with Crippen molar-refractivity contribution < 1.29 is 17.6 Å². The van der Waals surface area contributed by atoms with Crippen LogP contribution in [0.4, 0.5) is 10.1 Å². The lowest BCUT2D eigenvalue weighted by atomic mass is 10.2. The number of rotatable bonds is 4. The van der Waals surface area contributed by atoms with Gasteiger partial charge >= 0.3 is 0 Å². The second-order valence-corrected chi connectivity index (χ2v) is 7.81. The van der Waals surface area contributed by atoms with E-state index in [1.54, 1.807) is 12.1 Å². The Morgan fingerprint density at radius 1 is 1.26 bits per heavy atom. The predicted molar refractivity (Wildman–Crippen MR) is 87.2 cm³/mol. The number of carbonyl (C=O) groups excluding carboxylic acids is 1. The smallest absolute Gasteiger partial charge is 0.238 e. The Kier molecular flexibility index (Phi) is 5.72. The molecule has 1 heterocycles. The number of amides is 1. The van der Waals surface area contributed by atoms with Crippen molar-refractivity contribution >= 4 is 21.6 Å². The number of sulfonamides is 1. The summed E-state index contributed by atoms with van der Waals surface area (Å²) in [7, 11) is -3.20. The van der Waals surface area contributed by atoms with Gasteiger partial charge in [0, 0.05) is 19.6 Å². The van der Waals surface area contributed by atoms with Gasteiger partial charge in [0.15, 0.2) is 0 Å². The Labute approximate surface area is 136 Å². The topological polar surface area (TPSA) is 69.7 Å². The number of nitrogens with zero attached hydrogens (tertiary/aromatic N) is 2. The Bertz CT molecular complexity index is 679. The summed E-state index contributed by atoms with van der Waals surface area (Å²) in [6, 6.07) is 4.54. The molecule has 1 N–H and O–H groups in total. The highest BCUT2D eigenvalue weighted by Gasteiger charge is 2.22. The average molecular weight is 343 g/mol. The van der Waals surface area contributed by atoms with Crippen molar-refractivity contribution in [2.45, 2.75) is 13.3 Å². The molecule has 1 aliphatic rings. The van der Waals surface area contributed by atoms with Crippen LogP contribution in [0.1, 0.15) is 12.0 Å². The van der Waals surface area contributed by atoms with Crippen LogP contribution in [0.5, 0.6) is 0 Å². The largest absolute Gasteiger partial charge is 0.322 e. The first-order valence-corrected chi connectivity index (χ1v) is 9.34. The molecule has 6 nitrogen and oxygen atoms in total. The Hall–Kier alpha value is -1.51. The molecule has 1 aromatic rings. The number of nitrogens with one attached hydrogen (secondary N) is 1. The third-order valence-electron chi connectivity index (χ3n) is 3.78. The Morgan fingerprint density at radius 2 is 2.00 bits per heavy atom. The van der Waals surface area contributed by atoms with Crippen molar-refractivity contribution in [3.05, 3.63) is 29.6 Å². The molecule has 0 bridgehead atoms. The van der Waals surface area contributed by atoms with E-state index in [0.29, 0.717) is 32.6 Å². The highest BCUT2D eigenvalue weighted by Crippen LogP contribution is 2.15. The molecule has 0 unspecified atom stereocenters. The first-order valence-electron chi connectivity index (χ1n) is 7.49. The van der Waals surface area contributed by atoms with E-state index in [-0.39, 0.29) is 18.1 Å². The molecular weight excluding hydrogens is 321 g/mol. The number of halogens is 1. The van der Waals surface area contributed by atoms with Crippen molar-refractivity contribution in [3.8, 4) is 0 Å². The van der Waals surface area contributed by atoms with E-state index in [2.05, 4.69) is 5.32 Å². The van der Waals surface area contributed by atoms with Crippen LogP contribution in [0.15, 0.2) is 18.2 Å². The summed E-state index contributed by atoms with van der Waals surface area (Å²) in [6.07, 6.45) is 1.86. The van der Waals surface area contributed by atoms with Crippen LogP contribution >= 0.6 is 0 Å². The predicted octanol–water partition coefficient (Wildman–Crippen LogP) is 1.04. The van der Waals surface area contributed by atoms with Crippen LogP contribution in [-0.4, -0.2) is 62.5 Å². The molecule has 0 spiro atoms. The van der Waals surface area contributed by atoms with Crippen LogP contribution in [0.25, 0.3) is 0 Å². The van der Waals surface area contributed by atoms with Crippen LogP contribution in [0.3, 0.4) is 0 Å². The van der Waals surface area contributed by atoms with Crippen molar-refractivity contribution in [1.29, 1.82) is 0 Å². The monoisotopic (exact) mass is 343 g/mol. The number of hydrogen-bond donors (Lipinski definition) is 1. The van der Waals surface area contributed by atoms with Gasteiger partial charge < -0.3 is 5.32 Å². The van der Waals surface area contributed by atoms with Crippen molar-refractivity contribution in [3.63, 3.8) is 0 Å². The highest BCUT2D eigenvalue weighted by molar-refractivity contribution is 7.88. The molecule has 0 radical (unpaired) electrons. The maximum atomic E-state index is 13.7. The van der Waals surface area contributed by atoms with Crippen molar-refractivity contribution in [2.75, 3.05) is 44.3 Å². The summed E-state index contributed by atoms with van der Waals surface area (Å²) in [5.41, 5.74) is 1.03. The number of aryl methyl sites for hydroxylation is 1. The maximum Gasteiger partial charge on any atom is 0.238 e. The van der Waals surface area contributed by atoms with Gasteiger partial charge in [0.2, 0.25) is 15.9 Å². The zero-order chi connectivity index (χ0) is 17.0. The van der Waals surface area contributed by atoms with Crippen molar-refractivity contribution in [2.24, 2.45) is 0 Å². The average Bonchev–Trinajstić information content (AvgIpc) is 2.68. The molecule has 1 amide bonds. The highest BCUT2D eigenvalue weighted by atomic mass is 32.2. The minimum atomic E-state index is -3.20. The number of carbonyl (C=O) groups is 1. The van der Waals surface area contributed by atoms with E-state index in [0.717, 1.165) is 5.56 Å². The lowest BCUT2D eigenvalue weighted by Gasteiger charge is -2.20. The van der Waals surface area contributed by atoms with Gasteiger partial charge in [-0.3, -0.25) is 9.69 Å². The Morgan fingerprint density at radius 3 is 2.70 bits per heavy atom. The van der Waals surface area contributed by atoms with Crippen LogP contribution in [0, 0.1) is 12.7 Å². The third-order valence-corrected chi connectivity index (χ3v) is 5.08. The molecule has 0 aromatic heterocycles. The fourth-order valence-corrected chi connectivity index (χ4v) is 3.44. The number of benzene rings is 1. The summed E-state index contributed by atoms with van der Waals surface area (Å²) < 4.78 is 38.2. The van der Waals surface area contributed by atoms with E-state index < -0.39 is 15.8 Å². The SMILES string of the molecule is Cc1ccc(F)c(NC(=O)CN2CCCN(S(C)(=O)=O)CC2)c1. The normalized spacial score (nSPS) is 17.7. The molecule has 8 heteroatoms. The molecular formula is C15H22FN3O3S. The van der Waals surface area contributed by atoms with Gasteiger partial charge in [0.25, 0.3) is 0 Å². The molecule has 23 heavy (non-hydrogen) atoms. The molecule has 0 saturated carbocycles. The summed E-state index contributed by atoms with van der Waals surface area (Å²) in [6.45, 7) is 3.88. The third kappa shape index (κ3) is 5.26. The minimum Gasteiger partial charge on any atom is -0.322 e. The molecule has 1 aliphatic heterocycles. The quantitative estimate of drug-likeness (QED) is 0.887. The second-order valence-electron chi connectivity index (χ2n) is 5.82. The van der Waals surface area contributed by atoms with Gasteiger partial charge in [-0.25, -0.2) is 17.1 Å². The van der Waals surface area contributed by atoms with Crippen LogP contribution in [0.2, 0.25) is 0 Å². The van der Waals surface area contributed by atoms with E-state index >= 15 is 0 Å². The molecule has 2 rings (SSSR count). The minimum absolute atomic E-state index is 0.116. The summed E-state index contributed by atoms with van der Waals surface area (Å²) >= 11 is 0. The van der Waals surface area contributed by atoms with Crippen LogP contribution < -0.4 is 5.32 Å². The maximum absolute atomic E-state index is 13.7. The van der Waals surface area contributed by atoms with E-state index in [1.165, 1.54) is 16.6 Å². The van der Waals surface area contributed by atoms with E-state index in [1.807, 2.05) is 11.8 Å². The molecule has 1 aromatic carbocycles. The Balaban J connectivity index is 1.92. The van der Waals surface area contributed by atoms with E-state index in [9.17, 15) is 17.6 Å². The molecule has 0 atom stereocenters. The fraction of sp³-hybridized carbons (Fsp3) is 0.533. The molecule has 0 aliphatic carbocycles. The van der Waals surface area contributed by atoms with Gasteiger partial charge in [-0.2, -0.15) is 0 Å². The lowest BCUT2D eigenvalue weighted by Crippen LogP contribution is -2.37. The lowest BCUT2D eigenvalue weighted by molar-refractivity contribution is -0.117. The second kappa shape index (κ2) is 7.37. The zero-order valence-electron chi connectivity index (χ0n) is 13.4. The zero-order valence-corrected chi connectivity index (χ0v) is 14.2. The van der Waals surface area contributed by atoms with Crippen LogP contribution in [-0.2, 0) is 14.8 Å². The molecule has 128 valence electrons. The first kappa shape index (κ1) is 17.8. The summed E-state index contributed by atoms with van der Waals surface area (Å²) in [5.74, 6) is -0.773. The van der Waals surface area contributed by atoms with Gasteiger partial charge in [0.05, 0.1) is 18.5 Å². The summed E-state index contributed by atoms with van der Waals surface area (Å²) in [4.78, 5) is 14.0. The number of anilines is 1. The first-order chi connectivity index (χ1) is 10.8. The van der Waals surface area contributed by atoms with E-state index in [4.69, 9.17) is 0 Å². The molecule has 1 saturated heterocycles.